The van der Waals surface area contributed by atoms with Gasteiger partial charge in [-0.05, 0) is 70.6 Å². The highest BCUT2D eigenvalue weighted by atomic mass is 35.5. The van der Waals surface area contributed by atoms with E-state index in [2.05, 4.69) is 60.1 Å². The molecule has 0 saturated carbocycles. The van der Waals surface area contributed by atoms with Crippen LogP contribution in [-0.2, 0) is 24.4 Å². The zero-order chi connectivity index (χ0) is 36.3. The number of ether oxygens (including phenoxy) is 3. The number of nitrogens with zero attached hydrogens (tertiary/aromatic N) is 3. The van der Waals surface area contributed by atoms with Crippen LogP contribution in [0.5, 0.6) is 23.1 Å². The number of halogens is 3. The van der Waals surface area contributed by atoms with Crippen LogP contribution in [0.25, 0.3) is 6.08 Å². The zero-order valence-electron chi connectivity index (χ0n) is 29.9. The van der Waals surface area contributed by atoms with E-state index in [0.29, 0.717) is 48.6 Å². The quantitative estimate of drug-likeness (QED) is 0.105. The van der Waals surface area contributed by atoms with Gasteiger partial charge in [0.15, 0.2) is 11.6 Å². The molecule has 7 nitrogen and oxygen atoms in total. The molecule has 0 radical (unpaired) electrons. The number of hydrogen-bond acceptors (Lipinski definition) is 6. The summed E-state index contributed by atoms with van der Waals surface area (Å²) < 4.78 is 32.2. The van der Waals surface area contributed by atoms with Crippen LogP contribution in [0.1, 0.15) is 47.6 Å². The molecule has 10 heteroatoms. The van der Waals surface area contributed by atoms with Crippen molar-refractivity contribution in [2.45, 2.75) is 39.3 Å². The third-order valence-corrected chi connectivity index (χ3v) is 9.34. The summed E-state index contributed by atoms with van der Waals surface area (Å²) in [6, 6.07) is 32.3. The molecule has 53 heavy (non-hydrogen) atoms. The Hall–Kier alpha value is -4.89. The molecule has 0 atom stereocenters. The molecule has 0 spiro atoms. The molecule has 5 aromatic rings. The Kier molecular flexibility index (Phi) is 14.3. The molecule has 276 valence electrons. The second kappa shape index (κ2) is 19.3. The maximum absolute atomic E-state index is 14.9. The molecular weight excluding hydrogens is 712 g/mol. The Bertz CT molecular complexity index is 1950. The van der Waals surface area contributed by atoms with Gasteiger partial charge in [0, 0.05) is 61.9 Å². The molecule has 1 amide bonds. The molecule has 1 aliphatic heterocycles. The van der Waals surface area contributed by atoms with E-state index < -0.39 is 5.82 Å². The van der Waals surface area contributed by atoms with E-state index in [1.54, 1.807) is 30.3 Å². The van der Waals surface area contributed by atoms with Crippen LogP contribution in [0.15, 0.2) is 115 Å². The van der Waals surface area contributed by atoms with Crippen molar-refractivity contribution in [2.75, 3.05) is 32.8 Å². The van der Waals surface area contributed by atoms with Crippen molar-refractivity contribution in [2.24, 2.45) is 0 Å². The van der Waals surface area contributed by atoms with Gasteiger partial charge in [-0.15, -0.1) is 12.4 Å². The molecular formula is C43H44Cl2FN3O4. The van der Waals surface area contributed by atoms with E-state index in [1.807, 2.05) is 35.2 Å². The normalized spacial score (nSPS) is 13.2. The minimum Gasteiger partial charge on any atom is -0.493 e. The largest absolute Gasteiger partial charge is 0.493 e. The molecule has 4 aromatic carbocycles. The van der Waals surface area contributed by atoms with Gasteiger partial charge in [0.1, 0.15) is 18.1 Å². The van der Waals surface area contributed by atoms with Crippen molar-refractivity contribution in [1.29, 1.82) is 0 Å². The van der Waals surface area contributed by atoms with E-state index in [-0.39, 0.29) is 29.9 Å². The number of benzene rings is 4. The SMILES string of the molecule is CC(C)c1ccc(OCCc2ccc(CN3CCN(C(=O)/C=C/c4ccc(Oc5ccc(OCc6ccccc6Cl)cn5)c(F)c4)CC3)cc2)cc1.Cl. The van der Waals surface area contributed by atoms with E-state index in [9.17, 15) is 9.18 Å². The van der Waals surface area contributed by atoms with Gasteiger partial charge in [0.2, 0.25) is 11.8 Å². The average Bonchev–Trinajstić information content (AvgIpc) is 3.16. The lowest BCUT2D eigenvalue weighted by Gasteiger charge is -2.34. The van der Waals surface area contributed by atoms with Gasteiger partial charge in [-0.25, -0.2) is 9.37 Å². The molecule has 0 bridgehead atoms. The number of carbonyl (C=O) groups is 1. The molecule has 0 unspecified atom stereocenters. The molecule has 1 fully saturated rings. The monoisotopic (exact) mass is 755 g/mol. The van der Waals surface area contributed by atoms with Crippen LogP contribution in [0, 0.1) is 5.82 Å². The number of piperazine rings is 1. The highest BCUT2D eigenvalue weighted by molar-refractivity contribution is 6.31. The zero-order valence-corrected chi connectivity index (χ0v) is 31.5. The van der Waals surface area contributed by atoms with Gasteiger partial charge < -0.3 is 19.1 Å². The van der Waals surface area contributed by atoms with Crippen molar-refractivity contribution in [3.8, 4) is 23.1 Å². The van der Waals surface area contributed by atoms with Gasteiger partial charge in [0.25, 0.3) is 0 Å². The minimum atomic E-state index is -0.558. The summed E-state index contributed by atoms with van der Waals surface area (Å²) in [5.41, 5.74) is 5.22. The molecule has 0 aliphatic carbocycles. The van der Waals surface area contributed by atoms with Crippen LogP contribution in [0.4, 0.5) is 4.39 Å². The van der Waals surface area contributed by atoms with Gasteiger partial charge in [-0.1, -0.05) is 86.1 Å². The summed E-state index contributed by atoms with van der Waals surface area (Å²) >= 11 is 6.18. The summed E-state index contributed by atoms with van der Waals surface area (Å²) in [4.78, 5) is 21.3. The highest BCUT2D eigenvalue weighted by Crippen LogP contribution is 2.26. The van der Waals surface area contributed by atoms with Crippen LogP contribution in [0.2, 0.25) is 5.02 Å². The van der Waals surface area contributed by atoms with Crippen molar-refractivity contribution in [3.63, 3.8) is 0 Å². The van der Waals surface area contributed by atoms with E-state index >= 15 is 0 Å². The van der Waals surface area contributed by atoms with Crippen LogP contribution in [0.3, 0.4) is 0 Å². The van der Waals surface area contributed by atoms with Crippen molar-refractivity contribution in [1.82, 2.24) is 14.8 Å². The van der Waals surface area contributed by atoms with Crippen LogP contribution >= 0.6 is 24.0 Å². The van der Waals surface area contributed by atoms with Gasteiger partial charge in [-0.2, -0.15) is 0 Å². The number of carbonyl (C=O) groups excluding carboxylic acids is 1. The Morgan fingerprint density at radius 3 is 2.26 bits per heavy atom. The number of amides is 1. The number of pyridine rings is 1. The summed E-state index contributed by atoms with van der Waals surface area (Å²) in [6.07, 6.45) is 5.48. The van der Waals surface area contributed by atoms with E-state index in [1.165, 1.54) is 41.1 Å². The standard InChI is InChI=1S/C43H43ClFN3O4.ClH/c1-31(2)35-13-15-37(16-14-35)50-26-21-32-7-9-34(10-8-32)29-47-22-24-48(25-23-47)43(49)20-12-33-11-18-41(40(45)27-33)52-42-19-17-38(28-46-42)51-30-36-5-3-4-6-39(36)44;/h3-20,27-28,31H,21-26,29-30H2,1-2H3;1H/b20-12+;. The van der Waals surface area contributed by atoms with Crippen molar-refractivity contribution in [3.05, 3.63) is 154 Å². The Morgan fingerprint density at radius 2 is 1.58 bits per heavy atom. The third-order valence-electron chi connectivity index (χ3n) is 8.97. The van der Waals surface area contributed by atoms with Gasteiger partial charge >= 0.3 is 0 Å². The first-order valence-electron chi connectivity index (χ1n) is 17.6. The Balaban J connectivity index is 0.00000541. The average molecular weight is 757 g/mol. The maximum atomic E-state index is 14.9. The fourth-order valence-electron chi connectivity index (χ4n) is 5.81. The topological polar surface area (TPSA) is 64.1 Å². The Labute approximate surface area is 322 Å². The predicted molar refractivity (Wildman–Crippen MR) is 211 cm³/mol. The fourth-order valence-corrected chi connectivity index (χ4v) is 6.00. The lowest BCUT2D eigenvalue weighted by Crippen LogP contribution is -2.47. The maximum Gasteiger partial charge on any atom is 0.246 e. The van der Waals surface area contributed by atoms with Gasteiger partial charge in [-0.3, -0.25) is 9.69 Å². The first-order valence-corrected chi connectivity index (χ1v) is 18.0. The van der Waals surface area contributed by atoms with Crippen molar-refractivity contribution >= 4 is 36.0 Å². The van der Waals surface area contributed by atoms with Crippen LogP contribution < -0.4 is 14.2 Å². The molecule has 1 saturated heterocycles. The third kappa shape index (κ3) is 11.5. The summed E-state index contributed by atoms with van der Waals surface area (Å²) in [6.45, 7) is 8.98. The minimum absolute atomic E-state index is 0. The molecule has 2 heterocycles. The summed E-state index contributed by atoms with van der Waals surface area (Å²) in [5, 5.41) is 0.627. The highest BCUT2D eigenvalue weighted by Gasteiger charge is 2.20. The molecule has 0 N–H and O–H groups in total. The first kappa shape index (κ1) is 39.3. The lowest BCUT2D eigenvalue weighted by atomic mass is 10.0. The van der Waals surface area contributed by atoms with Crippen molar-refractivity contribution < 1.29 is 23.4 Å². The summed E-state index contributed by atoms with van der Waals surface area (Å²) in [7, 11) is 0. The molecule has 1 aromatic heterocycles. The lowest BCUT2D eigenvalue weighted by molar-refractivity contribution is -0.127. The van der Waals surface area contributed by atoms with E-state index in [4.69, 9.17) is 25.8 Å². The second-order valence-electron chi connectivity index (χ2n) is 13.1. The fraction of sp³-hybridized carbons (Fsp3) is 0.256. The molecule has 1 aliphatic rings. The Morgan fingerprint density at radius 1 is 0.868 bits per heavy atom. The number of aromatic nitrogens is 1. The predicted octanol–water partition coefficient (Wildman–Crippen LogP) is 9.77. The second-order valence-corrected chi connectivity index (χ2v) is 13.5. The first-order chi connectivity index (χ1) is 25.3. The molecule has 6 rings (SSSR count). The van der Waals surface area contributed by atoms with Crippen LogP contribution in [-0.4, -0.2) is 53.5 Å². The summed E-state index contributed by atoms with van der Waals surface area (Å²) in [5.74, 6) is 1.55. The number of rotatable bonds is 14. The van der Waals surface area contributed by atoms with Gasteiger partial charge in [0.05, 0.1) is 12.8 Å². The number of hydrogen-bond donors (Lipinski definition) is 0. The smallest absolute Gasteiger partial charge is 0.246 e. The van der Waals surface area contributed by atoms with E-state index in [0.717, 1.165) is 37.4 Å².